The van der Waals surface area contributed by atoms with Gasteiger partial charge in [-0.2, -0.15) is 0 Å². The Labute approximate surface area is 100 Å². The predicted molar refractivity (Wildman–Crippen MR) is 63.5 cm³/mol. The van der Waals surface area contributed by atoms with Gasteiger partial charge in [0, 0.05) is 0 Å². The lowest BCUT2D eigenvalue weighted by atomic mass is 9.79. The summed E-state index contributed by atoms with van der Waals surface area (Å²) >= 11 is 11.7. The lowest BCUT2D eigenvalue weighted by Gasteiger charge is -2.30. The Morgan fingerprint density at radius 3 is 2.53 bits per heavy atom. The summed E-state index contributed by atoms with van der Waals surface area (Å²) in [5.41, 5.74) is 1.06. The molecule has 15 heavy (non-hydrogen) atoms. The molecule has 1 aromatic carbocycles. The first-order valence-corrected chi connectivity index (χ1v) is 6.04. The first-order valence-electron chi connectivity index (χ1n) is 5.29. The van der Waals surface area contributed by atoms with E-state index in [0.717, 1.165) is 18.4 Å². The lowest BCUT2D eigenvalue weighted by molar-refractivity contribution is 0.0630. The summed E-state index contributed by atoms with van der Waals surface area (Å²) in [6, 6.07) is 5.55. The molecule has 1 unspecified atom stereocenters. The smallest absolute Gasteiger partial charge is 0.0608 e. The zero-order valence-corrected chi connectivity index (χ0v) is 9.93. The van der Waals surface area contributed by atoms with Crippen molar-refractivity contribution in [3.8, 4) is 0 Å². The van der Waals surface area contributed by atoms with Gasteiger partial charge < -0.3 is 5.11 Å². The van der Waals surface area contributed by atoms with Crippen molar-refractivity contribution in [1.29, 1.82) is 0 Å². The third kappa shape index (κ3) is 2.66. The molecule has 0 amide bonds. The molecular weight excluding hydrogens is 231 g/mol. The van der Waals surface area contributed by atoms with Gasteiger partial charge >= 0.3 is 0 Å². The highest BCUT2D eigenvalue weighted by Crippen LogP contribution is 2.31. The number of aliphatic hydroxyl groups excluding tert-OH is 1. The van der Waals surface area contributed by atoms with Gasteiger partial charge in [0.25, 0.3) is 0 Å². The van der Waals surface area contributed by atoms with E-state index in [-0.39, 0.29) is 6.10 Å². The predicted octanol–water partition coefficient (Wildman–Crippen LogP) is 3.70. The van der Waals surface area contributed by atoms with Gasteiger partial charge in [0.2, 0.25) is 0 Å². The van der Waals surface area contributed by atoms with Crippen LogP contribution >= 0.6 is 23.2 Å². The summed E-state index contributed by atoms with van der Waals surface area (Å²) in [4.78, 5) is 0. The first-order chi connectivity index (χ1) is 7.16. The maximum atomic E-state index is 9.91. The Morgan fingerprint density at radius 1 is 1.27 bits per heavy atom. The molecule has 1 aliphatic carbocycles. The van der Waals surface area contributed by atoms with Gasteiger partial charge in [-0.1, -0.05) is 35.7 Å². The standard InChI is InChI=1S/C12H14Cl2O/c13-10-5-4-8(6-11(10)14)7-12(15)9-2-1-3-9/h4-6,9,12,15H,1-3,7H2. The van der Waals surface area contributed by atoms with Gasteiger partial charge in [-0.15, -0.1) is 0 Å². The van der Waals surface area contributed by atoms with E-state index < -0.39 is 0 Å². The average Bonchev–Trinajstić information content (AvgIpc) is 2.08. The molecule has 0 bridgehead atoms. The van der Waals surface area contributed by atoms with Gasteiger partial charge in [0.05, 0.1) is 16.1 Å². The van der Waals surface area contributed by atoms with Crippen LogP contribution in [0.5, 0.6) is 0 Å². The zero-order chi connectivity index (χ0) is 10.8. The highest BCUT2D eigenvalue weighted by molar-refractivity contribution is 6.42. The SMILES string of the molecule is OC(Cc1ccc(Cl)c(Cl)c1)C1CCC1. The van der Waals surface area contributed by atoms with Crippen LogP contribution in [0, 0.1) is 5.92 Å². The summed E-state index contributed by atoms with van der Waals surface area (Å²) in [7, 11) is 0. The second-order valence-corrected chi connectivity index (χ2v) is 5.03. The van der Waals surface area contributed by atoms with Crippen LogP contribution in [-0.2, 0) is 6.42 Å². The van der Waals surface area contributed by atoms with E-state index >= 15 is 0 Å². The van der Waals surface area contributed by atoms with Crippen molar-refractivity contribution in [3.05, 3.63) is 33.8 Å². The Hall–Kier alpha value is -0.240. The van der Waals surface area contributed by atoms with Crippen molar-refractivity contribution in [2.45, 2.75) is 31.8 Å². The quantitative estimate of drug-likeness (QED) is 0.860. The van der Waals surface area contributed by atoms with E-state index in [9.17, 15) is 5.11 Å². The molecule has 1 N–H and O–H groups in total. The molecule has 0 radical (unpaired) electrons. The molecule has 1 fully saturated rings. The minimum absolute atomic E-state index is 0.226. The molecule has 1 aromatic rings. The van der Waals surface area contributed by atoms with Gasteiger partial charge in [-0.3, -0.25) is 0 Å². The van der Waals surface area contributed by atoms with Crippen molar-refractivity contribution in [2.75, 3.05) is 0 Å². The third-order valence-corrected chi connectivity index (χ3v) is 3.86. The molecule has 2 rings (SSSR count). The van der Waals surface area contributed by atoms with Crippen LogP contribution in [0.3, 0.4) is 0 Å². The molecule has 1 atom stereocenters. The van der Waals surface area contributed by atoms with E-state index in [1.165, 1.54) is 6.42 Å². The van der Waals surface area contributed by atoms with Gasteiger partial charge in [0.15, 0.2) is 0 Å². The number of aliphatic hydroxyl groups is 1. The first kappa shape index (κ1) is 11.3. The van der Waals surface area contributed by atoms with Crippen LogP contribution in [0.4, 0.5) is 0 Å². The fraction of sp³-hybridized carbons (Fsp3) is 0.500. The van der Waals surface area contributed by atoms with Crippen LogP contribution in [0.15, 0.2) is 18.2 Å². The molecule has 0 heterocycles. The van der Waals surface area contributed by atoms with Crippen molar-refractivity contribution < 1.29 is 5.11 Å². The fourth-order valence-electron chi connectivity index (χ4n) is 1.90. The summed E-state index contributed by atoms with van der Waals surface area (Å²) in [5, 5.41) is 11.0. The van der Waals surface area contributed by atoms with Gasteiger partial charge in [0.1, 0.15) is 0 Å². The topological polar surface area (TPSA) is 20.2 Å². The van der Waals surface area contributed by atoms with Crippen molar-refractivity contribution in [3.63, 3.8) is 0 Å². The van der Waals surface area contributed by atoms with E-state index in [2.05, 4.69) is 0 Å². The van der Waals surface area contributed by atoms with Crippen LogP contribution in [0.1, 0.15) is 24.8 Å². The monoisotopic (exact) mass is 244 g/mol. The summed E-state index contributed by atoms with van der Waals surface area (Å²) in [6.45, 7) is 0. The number of hydrogen-bond donors (Lipinski definition) is 1. The van der Waals surface area contributed by atoms with E-state index in [1.807, 2.05) is 12.1 Å². The zero-order valence-electron chi connectivity index (χ0n) is 8.42. The Bertz CT molecular complexity index is 347. The minimum atomic E-state index is -0.226. The molecule has 0 saturated heterocycles. The number of hydrogen-bond acceptors (Lipinski definition) is 1. The molecule has 82 valence electrons. The van der Waals surface area contributed by atoms with Crippen LogP contribution in [0.25, 0.3) is 0 Å². The highest BCUT2D eigenvalue weighted by Gasteiger charge is 2.25. The van der Waals surface area contributed by atoms with E-state index in [4.69, 9.17) is 23.2 Å². The Balaban J connectivity index is 2.00. The third-order valence-electron chi connectivity index (χ3n) is 3.12. The Morgan fingerprint density at radius 2 is 2.00 bits per heavy atom. The van der Waals surface area contributed by atoms with Crippen molar-refractivity contribution in [2.24, 2.45) is 5.92 Å². The molecule has 3 heteroatoms. The highest BCUT2D eigenvalue weighted by atomic mass is 35.5. The second-order valence-electron chi connectivity index (χ2n) is 4.21. The fourth-order valence-corrected chi connectivity index (χ4v) is 2.22. The van der Waals surface area contributed by atoms with Crippen molar-refractivity contribution in [1.82, 2.24) is 0 Å². The number of benzene rings is 1. The average molecular weight is 245 g/mol. The number of halogens is 2. The normalized spacial score (nSPS) is 18.6. The second kappa shape index (κ2) is 4.73. The molecule has 1 saturated carbocycles. The molecule has 1 aliphatic rings. The van der Waals surface area contributed by atoms with E-state index in [0.29, 0.717) is 22.4 Å². The molecule has 0 aromatic heterocycles. The Kier molecular flexibility index (Phi) is 3.55. The van der Waals surface area contributed by atoms with Crippen LogP contribution in [0.2, 0.25) is 10.0 Å². The summed E-state index contributed by atoms with van der Waals surface area (Å²) in [6.07, 6.45) is 4.02. The largest absolute Gasteiger partial charge is 0.392 e. The maximum absolute atomic E-state index is 9.91. The maximum Gasteiger partial charge on any atom is 0.0608 e. The molecule has 0 spiro atoms. The van der Waals surface area contributed by atoms with E-state index in [1.54, 1.807) is 6.07 Å². The van der Waals surface area contributed by atoms with Gasteiger partial charge in [-0.05, 0) is 42.9 Å². The molecule has 0 aliphatic heterocycles. The van der Waals surface area contributed by atoms with Crippen molar-refractivity contribution >= 4 is 23.2 Å². The molecular formula is C12H14Cl2O. The van der Waals surface area contributed by atoms with Crippen LogP contribution < -0.4 is 0 Å². The summed E-state index contributed by atoms with van der Waals surface area (Å²) in [5.74, 6) is 0.486. The van der Waals surface area contributed by atoms with Gasteiger partial charge in [-0.25, -0.2) is 0 Å². The minimum Gasteiger partial charge on any atom is -0.392 e. The number of rotatable bonds is 3. The molecule has 1 nitrogen and oxygen atoms in total. The van der Waals surface area contributed by atoms with Crippen LogP contribution in [-0.4, -0.2) is 11.2 Å². The lowest BCUT2D eigenvalue weighted by Crippen LogP contribution is -2.28. The summed E-state index contributed by atoms with van der Waals surface area (Å²) < 4.78 is 0.